The summed E-state index contributed by atoms with van der Waals surface area (Å²) in [6.45, 7) is 6.11. The Morgan fingerprint density at radius 2 is 2.19 bits per heavy atom. The van der Waals surface area contributed by atoms with Gasteiger partial charge in [-0.2, -0.15) is 0 Å². The van der Waals surface area contributed by atoms with Crippen molar-refractivity contribution in [3.8, 4) is 0 Å². The second-order valence-corrected chi connectivity index (χ2v) is 4.14. The molecular weight excluding hydrogens is 208 g/mol. The lowest BCUT2D eigenvalue weighted by atomic mass is 9.97. The number of nitrogens with one attached hydrogen (secondary N) is 2. The van der Waals surface area contributed by atoms with Gasteiger partial charge in [0.2, 0.25) is 5.91 Å². The second-order valence-electron chi connectivity index (χ2n) is 4.14. The van der Waals surface area contributed by atoms with Crippen molar-refractivity contribution in [1.29, 1.82) is 0 Å². The first-order chi connectivity index (χ1) is 7.75. The van der Waals surface area contributed by atoms with Gasteiger partial charge in [-0.25, -0.2) is 0 Å². The highest BCUT2D eigenvalue weighted by molar-refractivity contribution is 5.79. The van der Waals surface area contributed by atoms with Crippen molar-refractivity contribution in [1.82, 2.24) is 10.6 Å². The molecule has 2 N–H and O–H groups in total. The molecule has 0 saturated carbocycles. The molecule has 16 heavy (non-hydrogen) atoms. The highest BCUT2D eigenvalue weighted by Crippen LogP contribution is 2.15. The van der Waals surface area contributed by atoms with Gasteiger partial charge in [-0.1, -0.05) is 6.92 Å². The van der Waals surface area contributed by atoms with E-state index in [1.165, 1.54) is 0 Å². The molecule has 5 nitrogen and oxygen atoms in total. The summed E-state index contributed by atoms with van der Waals surface area (Å²) in [5.74, 6) is 0.668. The third-order valence-electron chi connectivity index (χ3n) is 2.83. The van der Waals surface area contributed by atoms with Crippen molar-refractivity contribution in [3.63, 3.8) is 0 Å². The largest absolute Gasteiger partial charge is 0.382 e. The molecule has 1 saturated heterocycles. The quantitative estimate of drug-likeness (QED) is 0.585. The van der Waals surface area contributed by atoms with Gasteiger partial charge in [-0.3, -0.25) is 4.79 Å². The Kier molecular flexibility index (Phi) is 6.37. The molecule has 0 aromatic rings. The van der Waals surface area contributed by atoms with E-state index in [-0.39, 0.29) is 11.8 Å². The number of carbonyl (C=O) groups is 1. The molecule has 1 heterocycles. The first-order valence-corrected chi connectivity index (χ1v) is 5.80. The number of hydrogen-bond acceptors (Lipinski definition) is 4. The smallest absolute Gasteiger partial charge is 0.224 e. The van der Waals surface area contributed by atoms with Crippen molar-refractivity contribution in [2.75, 3.05) is 46.6 Å². The Hall–Kier alpha value is -0.650. The number of rotatable bonds is 7. The van der Waals surface area contributed by atoms with Crippen LogP contribution in [0.4, 0.5) is 0 Å². The number of methoxy groups -OCH3 is 1. The molecule has 1 aliphatic heterocycles. The number of carbonyl (C=O) groups excluding carboxylic acids is 1. The molecule has 2 unspecified atom stereocenters. The van der Waals surface area contributed by atoms with E-state index in [2.05, 4.69) is 17.6 Å². The Balaban J connectivity index is 2.02. The molecule has 1 aliphatic rings. The lowest BCUT2D eigenvalue weighted by molar-refractivity contribution is -0.125. The van der Waals surface area contributed by atoms with Crippen LogP contribution in [0, 0.1) is 11.8 Å². The van der Waals surface area contributed by atoms with E-state index in [4.69, 9.17) is 9.47 Å². The molecule has 1 fully saturated rings. The van der Waals surface area contributed by atoms with Crippen LogP contribution in [0.25, 0.3) is 0 Å². The third kappa shape index (κ3) is 4.47. The SMILES string of the molecule is COCCOCCNC(=O)C1CNCC1C. The van der Waals surface area contributed by atoms with Crippen molar-refractivity contribution in [3.05, 3.63) is 0 Å². The predicted molar refractivity (Wildman–Crippen MR) is 61.2 cm³/mol. The van der Waals surface area contributed by atoms with E-state index >= 15 is 0 Å². The van der Waals surface area contributed by atoms with Gasteiger partial charge in [-0.15, -0.1) is 0 Å². The summed E-state index contributed by atoms with van der Waals surface area (Å²) in [6.07, 6.45) is 0. The molecule has 2 atom stereocenters. The predicted octanol–water partition coefficient (Wildman–Crippen LogP) is -0.379. The monoisotopic (exact) mass is 230 g/mol. The summed E-state index contributed by atoms with van der Waals surface area (Å²) in [6, 6.07) is 0. The van der Waals surface area contributed by atoms with Crippen LogP contribution < -0.4 is 10.6 Å². The first-order valence-electron chi connectivity index (χ1n) is 5.80. The molecule has 1 rings (SSSR count). The summed E-state index contributed by atoms with van der Waals surface area (Å²) in [4.78, 5) is 11.7. The normalized spacial score (nSPS) is 24.6. The van der Waals surface area contributed by atoms with E-state index in [0.717, 1.165) is 13.1 Å². The maximum absolute atomic E-state index is 11.7. The summed E-state index contributed by atoms with van der Waals surface area (Å²) in [7, 11) is 1.64. The van der Waals surface area contributed by atoms with Crippen LogP contribution >= 0.6 is 0 Å². The highest BCUT2D eigenvalue weighted by Gasteiger charge is 2.28. The molecule has 0 spiro atoms. The van der Waals surface area contributed by atoms with E-state index in [1.54, 1.807) is 7.11 Å². The molecule has 0 aliphatic carbocycles. The van der Waals surface area contributed by atoms with Crippen molar-refractivity contribution in [2.24, 2.45) is 11.8 Å². The van der Waals surface area contributed by atoms with Crippen LogP contribution in [0.3, 0.4) is 0 Å². The fourth-order valence-corrected chi connectivity index (χ4v) is 1.78. The summed E-state index contributed by atoms with van der Waals surface area (Å²) in [5.41, 5.74) is 0. The third-order valence-corrected chi connectivity index (χ3v) is 2.83. The average molecular weight is 230 g/mol. The van der Waals surface area contributed by atoms with Gasteiger partial charge < -0.3 is 20.1 Å². The molecule has 0 aromatic heterocycles. The molecule has 94 valence electrons. The lowest BCUT2D eigenvalue weighted by Crippen LogP contribution is -2.36. The van der Waals surface area contributed by atoms with Crippen molar-refractivity contribution < 1.29 is 14.3 Å². The number of amides is 1. The number of ether oxygens (including phenoxy) is 2. The van der Waals surface area contributed by atoms with Crippen molar-refractivity contribution >= 4 is 5.91 Å². The van der Waals surface area contributed by atoms with Crippen LogP contribution in [0.15, 0.2) is 0 Å². The van der Waals surface area contributed by atoms with Gasteiger partial charge in [-0.05, 0) is 12.5 Å². The Labute approximate surface area is 96.9 Å². The zero-order chi connectivity index (χ0) is 11.8. The van der Waals surface area contributed by atoms with Crippen LogP contribution in [0.1, 0.15) is 6.92 Å². The van der Waals surface area contributed by atoms with Crippen LogP contribution in [-0.2, 0) is 14.3 Å². The fraction of sp³-hybridized carbons (Fsp3) is 0.909. The van der Waals surface area contributed by atoms with Crippen LogP contribution in [-0.4, -0.2) is 52.5 Å². The van der Waals surface area contributed by atoms with Gasteiger partial charge in [0.15, 0.2) is 0 Å². The van der Waals surface area contributed by atoms with Gasteiger partial charge in [0.25, 0.3) is 0 Å². The molecule has 0 radical (unpaired) electrons. The maximum atomic E-state index is 11.7. The van der Waals surface area contributed by atoms with E-state index in [0.29, 0.717) is 32.3 Å². The summed E-state index contributed by atoms with van der Waals surface area (Å²) >= 11 is 0. The minimum Gasteiger partial charge on any atom is -0.382 e. The Morgan fingerprint density at radius 1 is 1.38 bits per heavy atom. The zero-order valence-corrected chi connectivity index (χ0v) is 10.1. The fourth-order valence-electron chi connectivity index (χ4n) is 1.78. The summed E-state index contributed by atoms with van der Waals surface area (Å²) < 4.78 is 10.1. The summed E-state index contributed by atoms with van der Waals surface area (Å²) in [5, 5.41) is 6.10. The minimum atomic E-state index is 0.110. The lowest BCUT2D eigenvalue weighted by Gasteiger charge is -2.14. The standard InChI is InChI=1S/C11H22N2O3/c1-9-7-12-8-10(9)11(14)13-3-4-16-6-5-15-2/h9-10,12H,3-8H2,1-2H3,(H,13,14). The van der Waals surface area contributed by atoms with Crippen molar-refractivity contribution in [2.45, 2.75) is 6.92 Å². The maximum Gasteiger partial charge on any atom is 0.224 e. The van der Waals surface area contributed by atoms with Gasteiger partial charge in [0.05, 0.1) is 25.7 Å². The minimum absolute atomic E-state index is 0.110. The van der Waals surface area contributed by atoms with Gasteiger partial charge >= 0.3 is 0 Å². The molecule has 0 aromatic carbocycles. The topological polar surface area (TPSA) is 59.6 Å². The van der Waals surface area contributed by atoms with E-state index in [1.807, 2.05) is 0 Å². The van der Waals surface area contributed by atoms with Crippen LogP contribution in [0.5, 0.6) is 0 Å². The second kappa shape index (κ2) is 7.60. The van der Waals surface area contributed by atoms with Gasteiger partial charge in [0, 0.05) is 20.2 Å². The van der Waals surface area contributed by atoms with Gasteiger partial charge in [0.1, 0.15) is 0 Å². The van der Waals surface area contributed by atoms with E-state index in [9.17, 15) is 4.79 Å². The molecular formula is C11H22N2O3. The van der Waals surface area contributed by atoms with Crippen LogP contribution in [0.2, 0.25) is 0 Å². The average Bonchev–Trinajstić information content (AvgIpc) is 2.69. The highest BCUT2D eigenvalue weighted by atomic mass is 16.5. The molecule has 5 heteroatoms. The Morgan fingerprint density at radius 3 is 2.81 bits per heavy atom. The Bertz CT molecular complexity index is 211. The number of hydrogen-bond donors (Lipinski definition) is 2. The molecule has 0 bridgehead atoms. The zero-order valence-electron chi connectivity index (χ0n) is 10.1. The van der Waals surface area contributed by atoms with E-state index < -0.39 is 0 Å². The molecule has 1 amide bonds. The first kappa shape index (κ1) is 13.4.